The van der Waals surface area contributed by atoms with Crippen LogP contribution in [-0.2, 0) is 4.79 Å². The first-order valence-corrected chi connectivity index (χ1v) is 6.17. The molecule has 1 amide bonds. The van der Waals surface area contributed by atoms with Gasteiger partial charge in [0.25, 0.3) is 0 Å². The molecule has 19 heavy (non-hydrogen) atoms. The predicted molar refractivity (Wildman–Crippen MR) is 70.1 cm³/mol. The van der Waals surface area contributed by atoms with E-state index in [1.807, 2.05) is 17.9 Å². The molecule has 0 saturated carbocycles. The first kappa shape index (κ1) is 13.3. The lowest BCUT2D eigenvalue weighted by Crippen LogP contribution is -2.39. The first-order valence-electron chi connectivity index (χ1n) is 6.17. The molecule has 100 valence electrons. The van der Waals surface area contributed by atoms with Gasteiger partial charge in [0.1, 0.15) is 11.9 Å². The minimum atomic E-state index is -0.462. The summed E-state index contributed by atoms with van der Waals surface area (Å²) in [6.45, 7) is 3.12. The summed E-state index contributed by atoms with van der Waals surface area (Å²) in [6.07, 6.45) is 0.717. The van der Waals surface area contributed by atoms with Gasteiger partial charge in [0.15, 0.2) is 0 Å². The first-order chi connectivity index (χ1) is 9.00. The summed E-state index contributed by atoms with van der Waals surface area (Å²) in [5.41, 5.74) is 0.535. The highest BCUT2D eigenvalue weighted by Gasteiger charge is 2.40. The maximum atomic E-state index is 13.1. The van der Waals surface area contributed by atoms with Crippen LogP contribution in [0.4, 0.5) is 10.1 Å². The Labute approximate surface area is 111 Å². The minimum Gasteiger partial charge on any atom is -0.369 e. The summed E-state index contributed by atoms with van der Waals surface area (Å²) in [4.78, 5) is 13.8. The SMILES string of the molecule is CNC(=O)C1(C)CCN(c2ccc(F)cc2C#N)C1. The second-order valence-corrected chi connectivity index (χ2v) is 5.08. The lowest BCUT2D eigenvalue weighted by atomic mass is 9.89. The smallest absolute Gasteiger partial charge is 0.227 e. The molecule has 0 radical (unpaired) electrons. The predicted octanol–water partition coefficient (Wildman–Crippen LogP) is 1.66. The topological polar surface area (TPSA) is 56.1 Å². The Kier molecular flexibility index (Phi) is 3.43. The molecule has 1 N–H and O–H groups in total. The zero-order chi connectivity index (χ0) is 14.0. The number of hydrogen-bond donors (Lipinski definition) is 1. The number of rotatable bonds is 2. The number of amides is 1. The van der Waals surface area contributed by atoms with E-state index < -0.39 is 11.2 Å². The number of carbonyl (C=O) groups is 1. The van der Waals surface area contributed by atoms with Crippen molar-refractivity contribution in [2.75, 3.05) is 25.0 Å². The molecule has 0 aromatic heterocycles. The largest absolute Gasteiger partial charge is 0.369 e. The van der Waals surface area contributed by atoms with Gasteiger partial charge in [-0.3, -0.25) is 4.79 Å². The third-order valence-electron chi connectivity index (χ3n) is 3.67. The van der Waals surface area contributed by atoms with Crippen molar-refractivity contribution in [3.05, 3.63) is 29.6 Å². The fourth-order valence-electron chi connectivity index (χ4n) is 2.53. The average molecular weight is 261 g/mol. The average Bonchev–Trinajstić information content (AvgIpc) is 2.81. The van der Waals surface area contributed by atoms with Crippen LogP contribution in [0.5, 0.6) is 0 Å². The Hall–Kier alpha value is -2.09. The number of hydrogen-bond acceptors (Lipinski definition) is 3. The van der Waals surface area contributed by atoms with Crippen LogP contribution in [-0.4, -0.2) is 26.0 Å². The van der Waals surface area contributed by atoms with E-state index >= 15 is 0 Å². The number of carbonyl (C=O) groups excluding carboxylic acids is 1. The molecule has 1 aromatic carbocycles. The van der Waals surface area contributed by atoms with Gasteiger partial charge in [-0.2, -0.15) is 5.26 Å². The van der Waals surface area contributed by atoms with E-state index in [1.165, 1.54) is 12.1 Å². The summed E-state index contributed by atoms with van der Waals surface area (Å²) in [5, 5.41) is 11.7. The highest BCUT2D eigenvalue weighted by Crippen LogP contribution is 2.34. The number of nitriles is 1. The summed E-state index contributed by atoms with van der Waals surface area (Å²) in [6, 6.07) is 6.17. The maximum Gasteiger partial charge on any atom is 0.227 e. The third-order valence-corrected chi connectivity index (χ3v) is 3.67. The Morgan fingerprint density at radius 1 is 1.58 bits per heavy atom. The van der Waals surface area contributed by atoms with Crippen LogP contribution >= 0.6 is 0 Å². The van der Waals surface area contributed by atoms with Crippen molar-refractivity contribution in [1.29, 1.82) is 5.26 Å². The number of halogens is 1. The molecule has 5 heteroatoms. The second kappa shape index (κ2) is 4.88. The fraction of sp³-hybridized carbons (Fsp3) is 0.429. The van der Waals surface area contributed by atoms with Crippen LogP contribution in [0.15, 0.2) is 18.2 Å². The molecule has 0 spiro atoms. The number of benzene rings is 1. The van der Waals surface area contributed by atoms with Gasteiger partial charge < -0.3 is 10.2 Å². The molecule has 1 aromatic rings. The molecule has 1 aliphatic heterocycles. The van der Waals surface area contributed by atoms with Gasteiger partial charge in [-0.25, -0.2) is 4.39 Å². The van der Waals surface area contributed by atoms with E-state index in [-0.39, 0.29) is 5.91 Å². The normalized spacial score (nSPS) is 22.1. The van der Waals surface area contributed by atoms with Crippen LogP contribution in [0.2, 0.25) is 0 Å². The molecule has 1 fully saturated rings. The monoisotopic (exact) mass is 261 g/mol. The van der Waals surface area contributed by atoms with Crippen molar-refractivity contribution < 1.29 is 9.18 Å². The van der Waals surface area contributed by atoms with E-state index in [2.05, 4.69) is 5.32 Å². The zero-order valence-corrected chi connectivity index (χ0v) is 11.0. The maximum absolute atomic E-state index is 13.1. The van der Waals surface area contributed by atoms with E-state index in [9.17, 15) is 9.18 Å². The molecular formula is C14H16FN3O. The number of nitrogens with zero attached hydrogens (tertiary/aromatic N) is 2. The molecule has 0 aliphatic carbocycles. The third kappa shape index (κ3) is 2.39. The lowest BCUT2D eigenvalue weighted by Gasteiger charge is -2.24. The highest BCUT2D eigenvalue weighted by molar-refractivity contribution is 5.83. The van der Waals surface area contributed by atoms with Gasteiger partial charge in [0.2, 0.25) is 5.91 Å². The Bertz CT molecular complexity index is 552. The molecule has 1 aliphatic rings. The van der Waals surface area contributed by atoms with E-state index in [0.717, 1.165) is 6.42 Å². The van der Waals surface area contributed by atoms with E-state index in [0.29, 0.717) is 24.3 Å². The van der Waals surface area contributed by atoms with E-state index in [4.69, 9.17) is 5.26 Å². The molecular weight excluding hydrogens is 245 g/mol. The Balaban J connectivity index is 2.27. The van der Waals surface area contributed by atoms with Crippen molar-refractivity contribution in [3.63, 3.8) is 0 Å². The molecule has 1 saturated heterocycles. The standard InChI is InChI=1S/C14H16FN3O/c1-14(13(19)17-2)5-6-18(9-14)12-4-3-11(15)7-10(12)8-16/h3-4,7H,5-6,9H2,1-2H3,(H,17,19). The second-order valence-electron chi connectivity index (χ2n) is 5.08. The minimum absolute atomic E-state index is 0.00406. The quantitative estimate of drug-likeness (QED) is 0.881. The summed E-state index contributed by atoms with van der Waals surface area (Å²) in [7, 11) is 1.62. The summed E-state index contributed by atoms with van der Waals surface area (Å²) >= 11 is 0. The lowest BCUT2D eigenvalue weighted by molar-refractivity contribution is -0.128. The molecule has 0 bridgehead atoms. The van der Waals surface area contributed by atoms with Gasteiger partial charge in [-0.1, -0.05) is 0 Å². The van der Waals surface area contributed by atoms with Crippen LogP contribution in [0.25, 0.3) is 0 Å². The molecule has 1 heterocycles. The summed E-state index contributed by atoms with van der Waals surface area (Å²) in [5.74, 6) is -0.427. The van der Waals surface area contributed by atoms with Crippen LogP contribution in [0, 0.1) is 22.6 Å². The Morgan fingerprint density at radius 3 is 2.95 bits per heavy atom. The van der Waals surface area contributed by atoms with Crippen molar-refractivity contribution >= 4 is 11.6 Å². The number of anilines is 1. The van der Waals surface area contributed by atoms with Crippen LogP contribution in [0.1, 0.15) is 18.9 Å². The van der Waals surface area contributed by atoms with Crippen LogP contribution < -0.4 is 10.2 Å². The Morgan fingerprint density at radius 2 is 2.32 bits per heavy atom. The molecule has 1 atom stereocenters. The van der Waals surface area contributed by atoms with Crippen LogP contribution in [0.3, 0.4) is 0 Å². The van der Waals surface area contributed by atoms with E-state index in [1.54, 1.807) is 13.1 Å². The molecule has 2 rings (SSSR count). The van der Waals surface area contributed by atoms with Crippen molar-refractivity contribution in [2.45, 2.75) is 13.3 Å². The van der Waals surface area contributed by atoms with Gasteiger partial charge in [-0.15, -0.1) is 0 Å². The highest BCUT2D eigenvalue weighted by atomic mass is 19.1. The molecule has 1 unspecified atom stereocenters. The summed E-state index contributed by atoms with van der Waals surface area (Å²) < 4.78 is 13.1. The molecule has 4 nitrogen and oxygen atoms in total. The zero-order valence-electron chi connectivity index (χ0n) is 11.0. The van der Waals surface area contributed by atoms with Crippen molar-refractivity contribution in [1.82, 2.24) is 5.32 Å². The number of nitrogens with one attached hydrogen (secondary N) is 1. The van der Waals surface area contributed by atoms with Gasteiger partial charge in [0, 0.05) is 20.1 Å². The van der Waals surface area contributed by atoms with Gasteiger partial charge >= 0.3 is 0 Å². The van der Waals surface area contributed by atoms with Crippen molar-refractivity contribution in [3.8, 4) is 6.07 Å². The van der Waals surface area contributed by atoms with Gasteiger partial charge in [0.05, 0.1) is 16.7 Å². The van der Waals surface area contributed by atoms with Crippen molar-refractivity contribution in [2.24, 2.45) is 5.41 Å². The fourth-order valence-corrected chi connectivity index (χ4v) is 2.53. The van der Waals surface area contributed by atoms with Gasteiger partial charge in [-0.05, 0) is 31.5 Å².